The Morgan fingerprint density at radius 1 is 1.00 bits per heavy atom. The second-order valence-electron chi connectivity index (χ2n) is 7.85. The van der Waals surface area contributed by atoms with Crippen molar-refractivity contribution in [3.8, 4) is 5.75 Å². The summed E-state index contributed by atoms with van der Waals surface area (Å²) in [5.41, 5.74) is 2.23. The molecule has 2 aliphatic heterocycles. The molecule has 1 saturated heterocycles. The molecule has 4 rings (SSSR count). The van der Waals surface area contributed by atoms with Crippen LogP contribution in [-0.2, 0) is 16.0 Å². The van der Waals surface area contributed by atoms with Gasteiger partial charge in [-0.1, -0.05) is 18.2 Å². The normalized spacial score (nSPS) is 18.9. The number of para-hydroxylation sites is 1. The highest BCUT2D eigenvalue weighted by atomic mass is 19.1. The first kappa shape index (κ1) is 20.3. The first-order valence-corrected chi connectivity index (χ1v) is 10.3. The molecule has 2 aromatic carbocycles. The molecule has 0 radical (unpaired) electrons. The Bertz CT molecular complexity index is 910. The van der Waals surface area contributed by atoms with Crippen molar-refractivity contribution in [3.63, 3.8) is 0 Å². The number of hydrogen-bond acceptors (Lipinski definition) is 4. The number of hydrogen-bond donors (Lipinski definition) is 0. The lowest BCUT2D eigenvalue weighted by Gasteiger charge is -2.35. The number of nitrogens with zero attached hydrogens (tertiary/aromatic N) is 3. The lowest BCUT2D eigenvalue weighted by molar-refractivity contribution is -0.135. The molecule has 1 fully saturated rings. The summed E-state index contributed by atoms with van der Waals surface area (Å²) >= 11 is 0. The summed E-state index contributed by atoms with van der Waals surface area (Å²) in [5.74, 6) is 0.124. The summed E-state index contributed by atoms with van der Waals surface area (Å²) in [6.45, 7) is 4.78. The zero-order valence-corrected chi connectivity index (χ0v) is 17.1. The summed E-state index contributed by atoms with van der Waals surface area (Å²) in [5, 5.41) is 0. The van der Waals surface area contributed by atoms with Crippen LogP contribution in [0.3, 0.4) is 0 Å². The van der Waals surface area contributed by atoms with Gasteiger partial charge in [-0.25, -0.2) is 4.39 Å². The predicted octanol–water partition coefficient (Wildman–Crippen LogP) is 2.33. The van der Waals surface area contributed by atoms with Crippen LogP contribution < -0.4 is 9.64 Å². The summed E-state index contributed by atoms with van der Waals surface area (Å²) in [4.78, 5) is 31.1. The first-order valence-electron chi connectivity index (χ1n) is 10.3. The number of anilines is 1. The highest BCUT2D eigenvalue weighted by Crippen LogP contribution is 2.31. The van der Waals surface area contributed by atoms with Crippen LogP contribution in [0.15, 0.2) is 48.5 Å². The van der Waals surface area contributed by atoms with Crippen molar-refractivity contribution >= 4 is 17.5 Å². The number of benzene rings is 2. The smallest absolute Gasteiger partial charge is 0.260 e. The van der Waals surface area contributed by atoms with Crippen molar-refractivity contribution in [2.45, 2.75) is 19.4 Å². The standard InChI is InChI=1S/C23H26FN3O3/c1-17-14-18-4-2-3-5-21(18)27(17)22(28)15-25-10-12-26(13-11-25)23(29)16-30-20-8-6-19(24)7-9-20/h2-9,17H,10-16H2,1H3. The fourth-order valence-corrected chi connectivity index (χ4v) is 4.14. The van der Waals surface area contributed by atoms with Gasteiger partial charge in [-0.15, -0.1) is 0 Å². The van der Waals surface area contributed by atoms with Crippen molar-refractivity contribution in [1.82, 2.24) is 9.80 Å². The van der Waals surface area contributed by atoms with E-state index in [9.17, 15) is 14.0 Å². The van der Waals surface area contributed by atoms with E-state index in [-0.39, 0.29) is 30.3 Å². The number of fused-ring (bicyclic) bond motifs is 1. The van der Waals surface area contributed by atoms with Crippen molar-refractivity contribution in [2.75, 3.05) is 44.2 Å². The quantitative estimate of drug-likeness (QED) is 0.758. The van der Waals surface area contributed by atoms with Gasteiger partial charge in [0, 0.05) is 37.9 Å². The van der Waals surface area contributed by atoms with E-state index in [0.29, 0.717) is 38.5 Å². The van der Waals surface area contributed by atoms with Gasteiger partial charge in [-0.2, -0.15) is 0 Å². The van der Waals surface area contributed by atoms with Crippen LogP contribution in [0.1, 0.15) is 12.5 Å². The van der Waals surface area contributed by atoms with E-state index in [1.807, 2.05) is 23.1 Å². The Balaban J connectivity index is 1.25. The SMILES string of the molecule is CC1Cc2ccccc2N1C(=O)CN1CCN(C(=O)COc2ccc(F)cc2)CC1. The van der Waals surface area contributed by atoms with Crippen molar-refractivity contribution in [1.29, 1.82) is 0 Å². The average molecular weight is 411 g/mol. The largest absolute Gasteiger partial charge is 0.484 e. The van der Waals surface area contributed by atoms with E-state index in [2.05, 4.69) is 17.9 Å². The second-order valence-corrected chi connectivity index (χ2v) is 7.85. The van der Waals surface area contributed by atoms with Gasteiger partial charge in [-0.3, -0.25) is 14.5 Å². The highest BCUT2D eigenvalue weighted by Gasteiger charge is 2.32. The van der Waals surface area contributed by atoms with Gasteiger partial charge < -0.3 is 14.5 Å². The van der Waals surface area contributed by atoms with E-state index in [1.165, 1.54) is 29.8 Å². The molecule has 0 spiro atoms. The molecule has 2 aromatic rings. The second kappa shape index (κ2) is 8.83. The van der Waals surface area contributed by atoms with Crippen LogP contribution in [0.4, 0.5) is 10.1 Å². The molecular weight excluding hydrogens is 385 g/mol. The third-order valence-electron chi connectivity index (χ3n) is 5.74. The van der Waals surface area contributed by atoms with E-state index in [1.54, 1.807) is 4.90 Å². The van der Waals surface area contributed by atoms with Crippen molar-refractivity contribution in [3.05, 3.63) is 59.9 Å². The average Bonchev–Trinajstić information content (AvgIpc) is 3.09. The fourth-order valence-electron chi connectivity index (χ4n) is 4.14. The Hall–Kier alpha value is -2.93. The molecule has 1 unspecified atom stereocenters. The van der Waals surface area contributed by atoms with Gasteiger partial charge in [0.1, 0.15) is 11.6 Å². The minimum atomic E-state index is -0.342. The van der Waals surface area contributed by atoms with Crippen LogP contribution in [0, 0.1) is 5.82 Å². The number of rotatable bonds is 5. The Labute approximate surface area is 175 Å². The van der Waals surface area contributed by atoms with E-state index in [0.717, 1.165) is 12.1 Å². The number of amides is 2. The molecule has 0 N–H and O–H groups in total. The predicted molar refractivity (Wildman–Crippen MR) is 112 cm³/mol. The zero-order valence-electron chi connectivity index (χ0n) is 17.1. The fraction of sp³-hybridized carbons (Fsp3) is 0.391. The minimum Gasteiger partial charge on any atom is -0.484 e. The molecule has 0 aromatic heterocycles. The lowest BCUT2D eigenvalue weighted by atomic mass is 10.1. The third-order valence-corrected chi connectivity index (χ3v) is 5.74. The maximum atomic E-state index is 12.9. The maximum Gasteiger partial charge on any atom is 0.260 e. The van der Waals surface area contributed by atoms with E-state index in [4.69, 9.17) is 4.74 Å². The summed E-state index contributed by atoms with van der Waals surface area (Å²) < 4.78 is 18.4. The summed E-state index contributed by atoms with van der Waals surface area (Å²) in [6.07, 6.45) is 0.887. The topological polar surface area (TPSA) is 53.1 Å². The molecule has 30 heavy (non-hydrogen) atoms. The van der Waals surface area contributed by atoms with Gasteiger partial charge in [0.15, 0.2) is 6.61 Å². The molecule has 158 valence electrons. The van der Waals surface area contributed by atoms with E-state index >= 15 is 0 Å². The summed E-state index contributed by atoms with van der Waals surface area (Å²) in [6, 6.07) is 13.8. The monoisotopic (exact) mass is 411 g/mol. The van der Waals surface area contributed by atoms with Gasteiger partial charge in [0.05, 0.1) is 6.54 Å². The molecule has 2 heterocycles. The van der Waals surface area contributed by atoms with Crippen LogP contribution in [0.2, 0.25) is 0 Å². The molecule has 6 nitrogen and oxygen atoms in total. The van der Waals surface area contributed by atoms with Crippen LogP contribution >= 0.6 is 0 Å². The van der Waals surface area contributed by atoms with Gasteiger partial charge in [0.2, 0.25) is 5.91 Å². The van der Waals surface area contributed by atoms with Crippen LogP contribution in [0.5, 0.6) is 5.75 Å². The summed E-state index contributed by atoms with van der Waals surface area (Å²) in [7, 11) is 0. The molecular formula is C23H26FN3O3. The molecule has 0 aliphatic carbocycles. The number of piperazine rings is 1. The Kier molecular flexibility index (Phi) is 5.99. The lowest BCUT2D eigenvalue weighted by Crippen LogP contribution is -2.53. The van der Waals surface area contributed by atoms with Gasteiger partial charge >= 0.3 is 0 Å². The van der Waals surface area contributed by atoms with Crippen LogP contribution in [-0.4, -0.2) is 67.0 Å². The van der Waals surface area contributed by atoms with Gasteiger partial charge in [0.25, 0.3) is 5.91 Å². The molecule has 0 saturated carbocycles. The molecule has 2 aliphatic rings. The number of carbonyl (C=O) groups excluding carboxylic acids is 2. The maximum absolute atomic E-state index is 12.9. The Morgan fingerprint density at radius 3 is 2.43 bits per heavy atom. The number of ether oxygens (including phenoxy) is 1. The van der Waals surface area contributed by atoms with Crippen LogP contribution in [0.25, 0.3) is 0 Å². The van der Waals surface area contributed by atoms with E-state index < -0.39 is 0 Å². The minimum absolute atomic E-state index is 0.0767. The Morgan fingerprint density at radius 2 is 1.70 bits per heavy atom. The third kappa shape index (κ3) is 4.46. The molecule has 2 amide bonds. The first-order chi connectivity index (χ1) is 14.5. The number of carbonyl (C=O) groups is 2. The van der Waals surface area contributed by atoms with Gasteiger partial charge in [-0.05, 0) is 49.2 Å². The number of halogens is 1. The molecule has 1 atom stereocenters. The molecule has 0 bridgehead atoms. The zero-order chi connectivity index (χ0) is 21.1. The van der Waals surface area contributed by atoms with Crippen molar-refractivity contribution in [2.24, 2.45) is 0 Å². The van der Waals surface area contributed by atoms with Crippen molar-refractivity contribution < 1.29 is 18.7 Å². The molecule has 7 heteroatoms. The highest BCUT2D eigenvalue weighted by molar-refractivity contribution is 5.97.